The van der Waals surface area contributed by atoms with Crippen molar-refractivity contribution >= 4 is 16.8 Å². The average molecular weight is 291 g/mol. The van der Waals surface area contributed by atoms with E-state index in [2.05, 4.69) is 16.4 Å². The summed E-state index contributed by atoms with van der Waals surface area (Å²) in [5.41, 5.74) is 3.35. The monoisotopic (exact) mass is 291 g/mol. The Kier molecular flexibility index (Phi) is 4.24. The topological polar surface area (TPSA) is 44.9 Å². The standard InChI is InChI=1S/C19H19N2O/c1-14(15-7-3-2-4-8-15)21-19(22)12-11-16-13-20-18-10-6-5-9-17(16)18/h2-10,12-14,20H,11H2,1H3,(H,21,22). The van der Waals surface area contributed by atoms with Crippen LogP contribution in [0.5, 0.6) is 0 Å². The molecule has 1 heterocycles. The van der Waals surface area contributed by atoms with E-state index < -0.39 is 0 Å². The Morgan fingerprint density at radius 1 is 1.14 bits per heavy atom. The number of para-hydroxylation sites is 1. The van der Waals surface area contributed by atoms with Crippen molar-refractivity contribution in [3.05, 3.63) is 78.3 Å². The molecule has 22 heavy (non-hydrogen) atoms. The minimum Gasteiger partial charge on any atom is -0.361 e. The number of carbonyl (C=O) groups is 1. The van der Waals surface area contributed by atoms with E-state index in [1.54, 1.807) is 6.42 Å². The summed E-state index contributed by atoms with van der Waals surface area (Å²) < 4.78 is 0. The molecule has 1 atom stereocenters. The molecule has 0 bridgehead atoms. The van der Waals surface area contributed by atoms with Crippen molar-refractivity contribution in [3.8, 4) is 0 Å². The Balaban J connectivity index is 1.58. The van der Waals surface area contributed by atoms with Crippen molar-refractivity contribution < 1.29 is 4.79 Å². The van der Waals surface area contributed by atoms with Gasteiger partial charge in [-0.2, -0.15) is 0 Å². The van der Waals surface area contributed by atoms with Gasteiger partial charge in [-0.25, -0.2) is 0 Å². The van der Waals surface area contributed by atoms with Gasteiger partial charge in [-0.1, -0.05) is 48.5 Å². The third-order valence-electron chi connectivity index (χ3n) is 3.84. The first-order chi connectivity index (χ1) is 10.7. The largest absolute Gasteiger partial charge is 0.361 e. The lowest BCUT2D eigenvalue weighted by molar-refractivity contribution is -0.118. The fourth-order valence-electron chi connectivity index (χ4n) is 2.60. The number of benzene rings is 2. The van der Waals surface area contributed by atoms with E-state index in [4.69, 9.17) is 0 Å². The molecule has 0 fully saturated rings. The predicted octanol–water partition coefficient (Wildman–Crippen LogP) is 3.79. The smallest absolute Gasteiger partial charge is 0.224 e. The minimum absolute atomic E-state index is 0.00733. The fourth-order valence-corrected chi connectivity index (χ4v) is 2.60. The highest BCUT2D eigenvalue weighted by atomic mass is 16.1. The number of fused-ring (bicyclic) bond motifs is 1. The molecule has 3 rings (SSSR count). The number of rotatable bonds is 5. The van der Waals surface area contributed by atoms with Gasteiger partial charge in [0, 0.05) is 17.1 Å². The molecule has 3 aromatic rings. The molecule has 1 amide bonds. The Hall–Kier alpha value is -2.55. The second-order valence-corrected chi connectivity index (χ2v) is 5.41. The summed E-state index contributed by atoms with van der Waals surface area (Å²) in [7, 11) is 0. The van der Waals surface area contributed by atoms with Crippen molar-refractivity contribution in [1.82, 2.24) is 10.3 Å². The van der Waals surface area contributed by atoms with Crippen molar-refractivity contribution in [2.45, 2.75) is 19.4 Å². The van der Waals surface area contributed by atoms with Crippen LogP contribution in [0.4, 0.5) is 0 Å². The molecule has 1 unspecified atom stereocenters. The highest BCUT2D eigenvalue weighted by Crippen LogP contribution is 2.19. The molecule has 111 valence electrons. The molecule has 1 radical (unpaired) electrons. The second kappa shape index (κ2) is 6.48. The van der Waals surface area contributed by atoms with Crippen LogP contribution in [0.2, 0.25) is 0 Å². The van der Waals surface area contributed by atoms with Crippen molar-refractivity contribution in [1.29, 1.82) is 0 Å². The summed E-state index contributed by atoms with van der Waals surface area (Å²) in [6.07, 6.45) is 4.29. The van der Waals surface area contributed by atoms with Crippen LogP contribution in [0.3, 0.4) is 0 Å². The first-order valence-corrected chi connectivity index (χ1v) is 7.47. The third kappa shape index (κ3) is 3.19. The lowest BCUT2D eigenvalue weighted by Crippen LogP contribution is -2.27. The van der Waals surface area contributed by atoms with Gasteiger partial charge in [-0.3, -0.25) is 4.79 Å². The molecule has 2 aromatic carbocycles. The van der Waals surface area contributed by atoms with Gasteiger partial charge in [0.05, 0.1) is 12.5 Å². The Labute approximate surface area is 130 Å². The highest BCUT2D eigenvalue weighted by Gasteiger charge is 2.11. The maximum absolute atomic E-state index is 12.1. The number of H-pyrrole nitrogens is 1. The maximum atomic E-state index is 12.1. The molecule has 0 saturated heterocycles. The lowest BCUT2D eigenvalue weighted by atomic mass is 10.1. The summed E-state index contributed by atoms with van der Waals surface area (Å²) >= 11 is 0. The van der Waals surface area contributed by atoms with Gasteiger partial charge in [0.25, 0.3) is 0 Å². The van der Waals surface area contributed by atoms with E-state index in [0.29, 0.717) is 6.42 Å². The van der Waals surface area contributed by atoms with Gasteiger partial charge < -0.3 is 10.3 Å². The van der Waals surface area contributed by atoms with Gasteiger partial charge >= 0.3 is 0 Å². The first kappa shape index (κ1) is 14.4. The normalized spacial score (nSPS) is 12.2. The Bertz CT molecular complexity index is 761. The molecule has 2 N–H and O–H groups in total. The van der Waals surface area contributed by atoms with E-state index in [0.717, 1.165) is 16.6 Å². The average Bonchev–Trinajstić information content (AvgIpc) is 2.97. The van der Waals surface area contributed by atoms with E-state index in [1.165, 1.54) is 5.39 Å². The zero-order chi connectivity index (χ0) is 15.4. The molecule has 0 aliphatic carbocycles. The van der Waals surface area contributed by atoms with Crippen LogP contribution >= 0.6 is 0 Å². The number of carbonyl (C=O) groups excluding carboxylic acids is 1. The van der Waals surface area contributed by atoms with E-state index in [9.17, 15) is 4.79 Å². The van der Waals surface area contributed by atoms with Gasteiger partial charge in [0.2, 0.25) is 5.91 Å². The molecular weight excluding hydrogens is 272 g/mol. The number of nitrogens with one attached hydrogen (secondary N) is 2. The minimum atomic E-state index is -0.0402. The number of aromatic nitrogens is 1. The van der Waals surface area contributed by atoms with Gasteiger partial charge in [0.1, 0.15) is 0 Å². The lowest BCUT2D eigenvalue weighted by Gasteiger charge is -2.13. The van der Waals surface area contributed by atoms with Crippen LogP contribution in [0.25, 0.3) is 10.9 Å². The van der Waals surface area contributed by atoms with Crippen LogP contribution in [-0.2, 0) is 11.2 Å². The number of amides is 1. The van der Waals surface area contributed by atoms with Gasteiger partial charge in [0.15, 0.2) is 0 Å². The van der Waals surface area contributed by atoms with Crippen LogP contribution < -0.4 is 5.32 Å². The first-order valence-electron chi connectivity index (χ1n) is 7.47. The number of aromatic amines is 1. The Morgan fingerprint density at radius 2 is 1.86 bits per heavy atom. The molecule has 0 aliphatic rings. The molecule has 3 nitrogen and oxygen atoms in total. The van der Waals surface area contributed by atoms with Crippen molar-refractivity contribution in [2.75, 3.05) is 0 Å². The number of hydrogen-bond acceptors (Lipinski definition) is 1. The quantitative estimate of drug-likeness (QED) is 0.738. The summed E-state index contributed by atoms with van der Waals surface area (Å²) in [6.45, 7) is 1.99. The molecule has 0 saturated carbocycles. The molecule has 0 spiro atoms. The SMILES string of the molecule is CC(NC(=O)[CH]Cc1c[nH]c2ccccc12)c1ccccc1. The second-order valence-electron chi connectivity index (χ2n) is 5.41. The molecule has 1 aromatic heterocycles. The van der Waals surface area contributed by atoms with Crippen LogP contribution in [0.1, 0.15) is 24.1 Å². The fraction of sp³-hybridized carbons (Fsp3) is 0.158. The molecular formula is C19H19N2O. The summed E-state index contributed by atoms with van der Waals surface area (Å²) in [5, 5.41) is 4.17. The van der Waals surface area contributed by atoms with Crippen molar-refractivity contribution in [3.63, 3.8) is 0 Å². The van der Waals surface area contributed by atoms with Gasteiger partial charge in [-0.05, 0) is 30.5 Å². The van der Waals surface area contributed by atoms with E-state index in [1.807, 2.05) is 61.7 Å². The van der Waals surface area contributed by atoms with E-state index in [-0.39, 0.29) is 11.9 Å². The number of hydrogen-bond donors (Lipinski definition) is 2. The summed E-state index contributed by atoms with van der Waals surface area (Å²) in [4.78, 5) is 15.3. The third-order valence-corrected chi connectivity index (χ3v) is 3.84. The Morgan fingerprint density at radius 3 is 2.68 bits per heavy atom. The van der Waals surface area contributed by atoms with Crippen LogP contribution in [-0.4, -0.2) is 10.9 Å². The maximum Gasteiger partial charge on any atom is 0.224 e. The molecule has 3 heteroatoms. The zero-order valence-corrected chi connectivity index (χ0v) is 12.5. The predicted molar refractivity (Wildman–Crippen MR) is 89.3 cm³/mol. The zero-order valence-electron chi connectivity index (χ0n) is 12.5. The van der Waals surface area contributed by atoms with Crippen LogP contribution in [0.15, 0.2) is 60.8 Å². The van der Waals surface area contributed by atoms with E-state index >= 15 is 0 Å². The van der Waals surface area contributed by atoms with Crippen LogP contribution in [0, 0.1) is 6.42 Å². The van der Waals surface area contributed by atoms with Crippen molar-refractivity contribution in [2.24, 2.45) is 0 Å². The highest BCUT2D eigenvalue weighted by molar-refractivity contribution is 5.88. The van der Waals surface area contributed by atoms with Gasteiger partial charge in [-0.15, -0.1) is 0 Å². The summed E-state index contributed by atoms with van der Waals surface area (Å²) in [6, 6.07) is 18.1. The summed E-state index contributed by atoms with van der Waals surface area (Å²) in [5.74, 6) is -0.0402. The molecule has 0 aliphatic heterocycles.